The lowest BCUT2D eigenvalue weighted by molar-refractivity contribution is 0.0627. The second-order valence-electron chi connectivity index (χ2n) is 11.0. The smallest absolute Gasteiger partial charge is 0.271 e. The first-order chi connectivity index (χ1) is 21.8. The van der Waals surface area contributed by atoms with E-state index >= 15 is 0 Å². The number of hydrogen-bond acceptors (Lipinski definition) is 8. The number of H-pyrrole nitrogens is 1. The van der Waals surface area contributed by atoms with Gasteiger partial charge in [0.05, 0.1) is 23.7 Å². The van der Waals surface area contributed by atoms with E-state index in [0.29, 0.717) is 43.4 Å². The average Bonchev–Trinajstić information content (AvgIpc) is 3.50. The third-order valence-electron chi connectivity index (χ3n) is 8.11. The van der Waals surface area contributed by atoms with Crippen LogP contribution in [0.1, 0.15) is 48.9 Å². The van der Waals surface area contributed by atoms with Gasteiger partial charge in [0, 0.05) is 62.9 Å². The highest BCUT2D eigenvalue weighted by Crippen LogP contribution is 2.33. The topological polar surface area (TPSA) is 117 Å². The molecule has 11 heteroatoms. The summed E-state index contributed by atoms with van der Waals surface area (Å²) in [6, 6.07) is 13.0. The molecule has 1 aromatic carbocycles. The summed E-state index contributed by atoms with van der Waals surface area (Å²) >= 11 is 1.59. The molecule has 0 saturated carbocycles. The third kappa shape index (κ3) is 7.33. The number of nitrogens with zero attached hydrogens (tertiary/aromatic N) is 3. The van der Waals surface area contributed by atoms with Crippen molar-refractivity contribution >= 4 is 40.3 Å². The van der Waals surface area contributed by atoms with Crippen molar-refractivity contribution in [2.24, 2.45) is 0 Å². The molecule has 2 amide bonds. The number of carbonyl (C=O) groups excluding carboxylic acids is 2. The Kier molecular flexibility index (Phi) is 10.4. The van der Waals surface area contributed by atoms with Gasteiger partial charge in [0.1, 0.15) is 11.5 Å². The first-order valence-electron chi connectivity index (χ1n) is 15.0. The lowest BCUT2D eigenvalue weighted by Gasteiger charge is -2.23. The van der Waals surface area contributed by atoms with Crippen LogP contribution in [0.5, 0.6) is 0 Å². The fraction of sp³-hybridized carbons (Fsp3) is 0.353. The summed E-state index contributed by atoms with van der Waals surface area (Å²) in [5.74, 6) is 0.225. The minimum absolute atomic E-state index is 0.106. The number of aromatic amines is 1. The van der Waals surface area contributed by atoms with Gasteiger partial charge in [-0.2, -0.15) is 0 Å². The number of hydrogen-bond donors (Lipinski definition) is 2. The van der Waals surface area contributed by atoms with E-state index < -0.39 is 0 Å². The van der Waals surface area contributed by atoms with Crippen LogP contribution in [0.3, 0.4) is 0 Å². The average molecular weight is 630 g/mol. The van der Waals surface area contributed by atoms with E-state index in [1.807, 2.05) is 31.2 Å². The number of nitrogens with one attached hydrogen (secondary N) is 2. The normalized spacial score (nSPS) is 12.4. The highest BCUT2D eigenvalue weighted by molar-refractivity contribution is 7.14. The van der Waals surface area contributed by atoms with E-state index in [0.717, 1.165) is 40.1 Å². The van der Waals surface area contributed by atoms with Gasteiger partial charge in [0.25, 0.3) is 17.4 Å². The Morgan fingerprint density at radius 2 is 1.80 bits per heavy atom. The maximum Gasteiger partial charge on any atom is 0.271 e. The van der Waals surface area contributed by atoms with Crippen LogP contribution in [-0.2, 0) is 22.3 Å². The number of thiophene rings is 1. The zero-order chi connectivity index (χ0) is 31.9. The monoisotopic (exact) mass is 629 g/mol. The van der Waals surface area contributed by atoms with Gasteiger partial charge in [-0.15, -0.1) is 11.3 Å². The van der Waals surface area contributed by atoms with Crippen molar-refractivity contribution < 1.29 is 19.1 Å². The molecule has 0 radical (unpaired) electrons. The molecule has 1 aliphatic rings. The van der Waals surface area contributed by atoms with Crippen molar-refractivity contribution in [3.63, 3.8) is 0 Å². The van der Waals surface area contributed by atoms with Crippen LogP contribution in [0, 0.1) is 6.92 Å². The molecule has 4 aromatic rings. The van der Waals surface area contributed by atoms with Gasteiger partial charge in [-0.3, -0.25) is 14.4 Å². The summed E-state index contributed by atoms with van der Waals surface area (Å²) in [6.07, 6.45) is 7.62. The number of aromatic nitrogens is 2. The van der Waals surface area contributed by atoms with Crippen LogP contribution in [0.2, 0.25) is 0 Å². The number of amides is 2. The maximum absolute atomic E-state index is 13.2. The SMILES string of the molecule is COCCN(CCOC)C(=O)c1ccc(N(C)c2cc(-c3cccc(NC(=O)c4cc5c(s4)CCCC5)c3C)c[nH]c2=O)nc1. The van der Waals surface area contributed by atoms with Gasteiger partial charge in [-0.1, -0.05) is 12.1 Å². The van der Waals surface area contributed by atoms with Gasteiger partial charge in [-0.25, -0.2) is 4.98 Å². The quantitative estimate of drug-likeness (QED) is 0.214. The number of benzene rings is 1. The van der Waals surface area contributed by atoms with Gasteiger partial charge in [-0.05, 0) is 79.6 Å². The fourth-order valence-electron chi connectivity index (χ4n) is 5.48. The molecule has 45 heavy (non-hydrogen) atoms. The summed E-state index contributed by atoms with van der Waals surface area (Å²) in [5.41, 5.74) is 5.11. The largest absolute Gasteiger partial charge is 0.383 e. The molecule has 0 saturated heterocycles. The van der Waals surface area contributed by atoms with E-state index in [4.69, 9.17) is 9.47 Å². The number of fused-ring (bicyclic) bond motifs is 1. The Labute approximate surface area is 267 Å². The molecular weight excluding hydrogens is 590 g/mol. The molecular formula is C34H39N5O5S. The van der Waals surface area contributed by atoms with E-state index in [-0.39, 0.29) is 17.4 Å². The molecule has 3 aromatic heterocycles. The van der Waals surface area contributed by atoms with E-state index in [9.17, 15) is 14.4 Å². The van der Waals surface area contributed by atoms with E-state index in [1.165, 1.54) is 29.5 Å². The predicted octanol–water partition coefficient (Wildman–Crippen LogP) is 5.44. The zero-order valence-corrected chi connectivity index (χ0v) is 27.0. The number of anilines is 3. The molecule has 0 spiro atoms. The van der Waals surface area contributed by atoms with Crippen molar-refractivity contribution in [2.45, 2.75) is 32.6 Å². The summed E-state index contributed by atoms with van der Waals surface area (Å²) in [5, 5.41) is 3.10. The Bertz CT molecular complexity index is 1680. The molecule has 0 unspecified atom stereocenters. The molecule has 0 aliphatic heterocycles. The number of rotatable bonds is 12. The highest BCUT2D eigenvalue weighted by atomic mass is 32.1. The number of methoxy groups -OCH3 is 2. The summed E-state index contributed by atoms with van der Waals surface area (Å²) in [4.78, 5) is 52.0. The first-order valence-corrected chi connectivity index (χ1v) is 15.8. The third-order valence-corrected chi connectivity index (χ3v) is 9.35. The predicted molar refractivity (Wildman–Crippen MR) is 178 cm³/mol. The van der Waals surface area contributed by atoms with Crippen LogP contribution in [0.25, 0.3) is 11.1 Å². The van der Waals surface area contributed by atoms with Gasteiger partial charge in [0.15, 0.2) is 0 Å². The Morgan fingerprint density at radius 1 is 1.04 bits per heavy atom. The summed E-state index contributed by atoms with van der Waals surface area (Å²) in [6.45, 7) is 3.64. The lowest BCUT2D eigenvalue weighted by atomic mass is 9.99. The molecule has 5 rings (SSSR count). The van der Waals surface area contributed by atoms with Crippen LogP contribution in [0.4, 0.5) is 17.2 Å². The molecule has 236 valence electrons. The molecule has 2 N–H and O–H groups in total. The zero-order valence-electron chi connectivity index (χ0n) is 26.1. The van der Waals surface area contributed by atoms with Crippen molar-refractivity contribution in [1.29, 1.82) is 0 Å². The minimum atomic E-state index is -0.280. The fourth-order valence-corrected chi connectivity index (χ4v) is 6.63. The van der Waals surface area contributed by atoms with Gasteiger partial charge < -0.3 is 29.6 Å². The Hall–Kier alpha value is -4.32. The number of pyridine rings is 2. The second kappa shape index (κ2) is 14.6. The standard InChI is InChI=1S/C34H39N5O5S/c1-22-26(9-7-10-27(22)37-33(41)30-19-23-8-5-6-11-29(23)45-30)25-18-28(32(40)36-21-25)38(2)31-13-12-24(20-35-31)34(42)39(14-16-43-3)15-17-44-4/h7,9-10,12-13,18-21H,5-6,8,11,14-17H2,1-4H3,(H,36,40)(H,37,41). The van der Waals surface area contributed by atoms with Crippen LogP contribution in [-0.4, -0.2) is 74.3 Å². The molecule has 0 fully saturated rings. The van der Waals surface area contributed by atoms with Crippen LogP contribution < -0.4 is 15.8 Å². The van der Waals surface area contributed by atoms with Crippen LogP contribution >= 0.6 is 11.3 Å². The second-order valence-corrected chi connectivity index (χ2v) is 12.2. The summed E-state index contributed by atoms with van der Waals surface area (Å²) in [7, 11) is 4.94. The molecule has 1 aliphatic carbocycles. The first kappa shape index (κ1) is 32.1. The van der Waals surface area contributed by atoms with Crippen molar-refractivity contribution in [3.05, 3.63) is 91.7 Å². The highest BCUT2D eigenvalue weighted by Gasteiger charge is 2.20. The number of aryl methyl sites for hydroxylation is 2. The number of carbonyl (C=O) groups is 2. The van der Waals surface area contributed by atoms with Crippen molar-refractivity contribution in [2.75, 3.05) is 57.8 Å². The van der Waals surface area contributed by atoms with E-state index in [2.05, 4.69) is 15.3 Å². The molecule has 3 heterocycles. The summed E-state index contributed by atoms with van der Waals surface area (Å²) < 4.78 is 10.3. The molecule has 0 bridgehead atoms. The van der Waals surface area contributed by atoms with Crippen LogP contribution in [0.15, 0.2) is 59.7 Å². The maximum atomic E-state index is 13.2. The van der Waals surface area contributed by atoms with Crippen molar-refractivity contribution in [1.82, 2.24) is 14.9 Å². The lowest BCUT2D eigenvalue weighted by Crippen LogP contribution is -2.36. The molecule has 10 nitrogen and oxygen atoms in total. The Morgan fingerprint density at radius 3 is 2.49 bits per heavy atom. The number of ether oxygens (including phenoxy) is 2. The van der Waals surface area contributed by atoms with Gasteiger partial charge >= 0.3 is 0 Å². The van der Waals surface area contributed by atoms with E-state index in [1.54, 1.807) is 66.8 Å². The van der Waals surface area contributed by atoms with Gasteiger partial charge in [0.2, 0.25) is 0 Å². The Balaban J connectivity index is 1.34. The molecule has 0 atom stereocenters. The minimum Gasteiger partial charge on any atom is -0.383 e. The van der Waals surface area contributed by atoms with Crippen molar-refractivity contribution in [3.8, 4) is 11.1 Å².